The Kier molecular flexibility index (Phi) is 4.30. The van der Waals surface area contributed by atoms with Crippen LogP contribution >= 0.6 is 11.6 Å². The van der Waals surface area contributed by atoms with Crippen molar-refractivity contribution in [2.45, 2.75) is 13.5 Å². The quantitative estimate of drug-likeness (QED) is 0.785. The largest absolute Gasteiger partial charge is 0.288 e. The van der Waals surface area contributed by atoms with Gasteiger partial charge in [-0.2, -0.15) is 5.10 Å². The summed E-state index contributed by atoms with van der Waals surface area (Å²) < 4.78 is 16.0. The maximum atomic E-state index is 13.1. The molecule has 0 aliphatic carbocycles. The van der Waals surface area contributed by atoms with Crippen molar-refractivity contribution in [2.75, 3.05) is 5.32 Å². The number of hydrogen-bond acceptors (Lipinski definition) is 4. The van der Waals surface area contributed by atoms with Gasteiger partial charge in [-0.05, 0) is 30.7 Å². The molecule has 2 aromatic heterocycles. The molecule has 1 amide bonds. The molecule has 0 fully saturated rings. The smallest absolute Gasteiger partial charge is 0.276 e. The summed E-state index contributed by atoms with van der Waals surface area (Å²) in [6.07, 6.45) is 1.46. The minimum atomic E-state index is -0.401. The van der Waals surface area contributed by atoms with Gasteiger partial charge in [0.15, 0.2) is 0 Å². The lowest BCUT2D eigenvalue weighted by atomic mass is 10.2. The lowest BCUT2D eigenvalue weighted by Gasteiger charge is -2.04. The molecule has 124 valence electrons. The zero-order valence-electron chi connectivity index (χ0n) is 13.0. The first kappa shape index (κ1) is 16.1. The Balaban J connectivity index is 1.71. The van der Waals surface area contributed by atoms with Gasteiger partial charge in [0.1, 0.15) is 17.8 Å². The second-order valence-corrected chi connectivity index (χ2v) is 5.66. The lowest BCUT2D eigenvalue weighted by molar-refractivity contribution is 0.101. The zero-order valence-corrected chi connectivity index (χ0v) is 13.8. The maximum Gasteiger partial charge on any atom is 0.276 e. The molecule has 7 nitrogen and oxygen atoms in total. The summed E-state index contributed by atoms with van der Waals surface area (Å²) in [7, 11) is 1.68. The van der Waals surface area contributed by atoms with Crippen LogP contribution in [0.3, 0.4) is 0 Å². The minimum absolute atomic E-state index is 0.164. The van der Waals surface area contributed by atoms with Crippen molar-refractivity contribution in [2.24, 2.45) is 7.05 Å². The van der Waals surface area contributed by atoms with E-state index in [2.05, 4.69) is 20.5 Å². The number of anilines is 1. The van der Waals surface area contributed by atoms with E-state index in [1.807, 2.05) is 0 Å². The Morgan fingerprint density at radius 3 is 2.79 bits per heavy atom. The molecule has 3 rings (SSSR count). The first-order valence-electron chi connectivity index (χ1n) is 7.08. The molecule has 3 aromatic rings. The van der Waals surface area contributed by atoms with Crippen LogP contribution in [0.1, 0.15) is 21.7 Å². The highest BCUT2D eigenvalue weighted by Gasteiger charge is 2.14. The fourth-order valence-electron chi connectivity index (χ4n) is 2.24. The monoisotopic (exact) mass is 348 g/mol. The van der Waals surface area contributed by atoms with Gasteiger partial charge in [-0.25, -0.2) is 14.1 Å². The lowest BCUT2D eigenvalue weighted by Crippen LogP contribution is -2.17. The van der Waals surface area contributed by atoms with Crippen LogP contribution in [0.15, 0.2) is 30.6 Å². The zero-order chi connectivity index (χ0) is 17.3. The minimum Gasteiger partial charge on any atom is -0.288 e. The van der Waals surface area contributed by atoms with Gasteiger partial charge >= 0.3 is 0 Å². The Bertz CT molecular complexity index is 903. The van der Waals surface area contributed by atoms with Gasteiger partial charge in [0.25, 0.3) is 5.91 Å². The molecular formula is C15H14ClFN6O. The van der Waals surface area contributed by atoms with Crippen molar-refractivity contribution in [3.63, 3.8) is 0 Å². The summed E-state index contributed by atoms with van der Waals surface area (Å²) in [5, 5.41) is 11.2. The highest BCUT2D eigenvalue weighted by Crippen LogP contribution is 2.18. The van der Waals surface area contributed by atoms with E-state index in [1.165, 1.54) is 27.8 Å². The fraction of sp³-hybridized carbons (Fsp3) is 0.200. The summed E-state index contributed by atoms with van der Waals surface area (Å²) in [5.41, 5.74) is 1.85. The fourth-order valence-corrected chi connectivity index (χ4v) is 2.47. The van der Waals surface area contributed by atoms with Crippen molar-refractivity contribution in [1.29, 1.82) is 0 Å². The first-order valence-corrected chi connectivity index (χ1v) is 7.45. The van der Waals surface area contributed by atoms with E-state index in [4.69, 9.17) is 11.6 Å². The number of carbonyl (C=O) groups excluding carboxylic acids is 1. The number of amides is 1. The summed E-state index contributed by atoms with van der Waals surface area (Å²) >= 11 is 5.99. The number of halogens is 2. The molecule has 24 heavy (non-hydrogen) atoms. The molecule has 9 heteroatoms. The maximum absolute atomic E-state index is 13.1. The molecule has 1 N–H and O–H groups in total. The van der Waals surface area contributed by atoms with Crippen LogP contribution in [0, 0.1) is 12.7 Å². The van der Waals surface area contributed by atoms with E-state index in [-0.39, 0.29) is 11.9 Å². The van der Waals surface area contributed by atoms with Gasteiger partial charge in [0.2, 0.25) is 5.95 Å². The van der Waals surface area contributed by atoms with Crippen LogP contribution in [-0.4, -0.2) is 30.5 Å². The molecule has 0 atom stereocenters. The SMILES string of the molecule is Cc1cc(C(=O)Nc2ncn(Cc3ccc(F)cc3Cl)n2)n(C)n1. The number of hydrogen-bond donors (Lipinski definition) is 1. The summed E-state index contributed by atoms with van der Waals surface area (Å²) in [6, 6.07) is 5.81. The van der Waals surface area contributed by atoms with Gasteiger partial charge in [0, 0.05) is 12.1 Å². The third-order valence-corrected chi connectivity index (χ3v) is 3.70. The molecule has 1 aromatic carbocycles. The van der Waals surface area contributed by atoms with Crippen LogP contribution in [0.4, 0.5) is 10.3 Å². The predicted octanol–water partition coefficient (Wildman–Crippen LogP) is 2.41. The molecule has 0 saturated heterocycles. The highest BCUT2D eigenvalue weighted by molar-refractivity contribution is 6.31. The van der Waals surface area contributed by atoms with Crippen molar-refractivity contribution in [1.82, 2.24) is 24.5 Å². The molecular weight excluding hydrogens is 335 g/mol. The standard InChI is InChI=1S/C15H14ClFN6O/c1-9-5-13(22(2)20-9)14(24)19-15-18-8-23(21-15)7-10-3-4-11(17)6-12(10)16/h3-6,8H,7H2,1-2H3,(H,19,21,24). The van der Waals surface area contributed by atoms with Crippen LogP contribution in [-0.2, 0) is 13.6 Å². The molecule has 2 heterocycles. The number of aryl methyl sites for hydroxylation is 2. The summed E-state index contributed by atoms with van der Waals surface area (Å²) in [5.74, 6) is -0.588. The number of aromatic nitrogens is 5. The van der Waals surface area contributed by atoms with E-state index in [1.54, 1.807) is 26.1 Å². The number of rotatable bonds is 4. The average Bonchev–Trinajstić information content (AvgIpc) is 3.08. The van der Waals surface area contributed by atoms with Gasteiger partial charge in [0.05, 0.1) is 12.2 Å². The Morgan fingerprint density at radius 1 is 1.33 bits per heavy atom. The van der Waals surface area contributed by atoms with Gasteiger partial charge in [-0.15, -0.1) is 5.10 Å². The summed E-state index contributed by atoms with van der Waals surface area (Å²) in [6.45, 7) is 2.11. The van der Waals surface area contributed by atoms with Gasteiger partial charge in [-0.1, -0.05) is 17.7 Å². The average molecular weight is 349 g/mol. The normalized spacial score (nSPS) is 10.8. The van der Waals surface area contributed by atoms with E-state index in [0.29, 0.717) is 22.8 Å². The topological polar surface area (TPSA) is 77.6 Å². The predicted molar refractivity (Wildman–Crippen MR) is 86.4 cm³/mol. The summed E-state index contributed by atoms with van der Waals surface area (Å²) in [4.78, 5) is 16.2. The second-order valence-electron chi connectivity index (χ2n) is 5.25. The molecule has 0 spiro atoms. The van der Waals surface area contributed by atoms with Crippen LogP contribution in [0.2, 0.25) is 5.02 Å². The third kappa shape index (κ3) is 3.43. The molecule has 0 aliphatic rings. The number of nitrogens with one attached hydrogen (secondary N) is 1. The third-order valence-electron chi connectivity index (χ3n) is 3.34. The van der Waals surface area contributed by atoms with E-state index < -0.39 is 5.82 Å². The molecule has 0 aliphatic heterocycles. The van der Waals surface area contributed by atoms with Crippen LogP contribution in [0.25, 0.3) is 0 Å². The number of carbonyl (C=O) groups is 1. The Morgan fingerprint density at radius 2 is 2.12 bits per heavy atom. The van der Waals surface area contributed by atoms with Crippen molar-refractivity contribution in [3.05, 3.63) is 58.4 Å². The Hall–Kier alpha value is -2.74. The second kappa shape index (κ2) is 6.40. The molecule has 0 unspecified atom stereocenters. The van der Waals surface area contributed by atoms with Crippen molar-refractivity contribution >= 4 is 23.5 Å². The van der Waals surface area contributed by atoms with Crippen molar-refractivity contribution in [3.8, 4) is 0 Å². The molecule has 0 bridgehead atoms. The molecule has 0 saturated carbocycles. The first-order chi connectivity index (χ1) is 11.4. The van der Waals surface area contributed by atoms with Crippen molar-refractivity contribution < 1.29 is 9.18 Å². The number of benzene rings is 1. The molecule has 0 radical (unpaired) electrons. The van der Waals surface area contributed by atoms with Crippen LogP contribution < -0.4 is 5.32 Å². The van der Waals surface area contributed by atoms with E-state index in [0.717, 1.165) is 5.69 Å². The number of nitrogens with zero attached hydrogens (tertiary/aromatic N) is 5. The Labute approximate surface area is 142 Å². The highest BCUT2D eigenvalue weighted by atomic mass is 35.5. The van der Waals surface area contributed by atoms with Gasteiger partial charge in [-0.3, -0.25) is 14.8 Å². The van der Waals surface area contributed by atoms with E-state index in [9.17, 15) is 9.18 Å². The van der Waals surface area contributed by atoms with Crippen LogP contribution in [0.5, 0.6) is 0 Å². The van der Waals surface area contributed by atoms with E-state index >= 15 is 0 Å². The van der Waals surface area contributed by atoms with Gasteiger partial charge < -0.3 is 0 Å².